The van der Waals surface area contributed by atoms with Crippen molar-refractivity contribution in [3.8, 4) is 0 Å². The number of carbonyl (C=O) groups is 2. The molecule has 1 aromatic rings. The van der Waals surface area contributed by atoms with Crippen LogP contribution in [0.4, 0.5) is 4.79 Å². The van der Waals surface area contributed by atoms with Crippen LogP contribution in [0.3, 0.4) is 0 Å². The Morgan fingerprint density at radius 3 is 2.38 bits per heavy atom. The number of aromatic nitrogens is 2. The van der Waals surface area contributed by atoms with Gasteiger partial charge in [0.2, 0.25) is 5.91 Å². The standard InChI is InChI=1S/C24H43N5O3/c1-18(2)17-29-20(4)21(19(3)26-29)9-10-22(30)25-11-8-12-27-13-15-28(16-14-27)23(31)32-24(5,6)7/h18H,8-17H2,1-7H3,(H,25,30). The van der Waals surface area contributed by atoms with Crippen molar-refractivity contribution in [2.75, 3.05) is 39.3 Å². The molecule has 0 saturated carbocycles. The molecule has 2 amide bonds. The van der Waals surface area contributed by atoms with E-state index in [1.807, 2.05) is 27.7 Å². The summed E-state index contributed by atoms with van der Waals surface area (Å²) >= 11 is 0. The molecule has 0 spiro atoms. The van der Waals surface area contributed by atoms with E-state index in [9.17, 15) is 9.59 Å². The van der Waals surface area contributed by atoms with Gasteiger partial charge < -0.3 is 15.0 Å². The maximum Gasteiger partial charge on any atom is 0.410 e. The number of piperazine rings is 1. The Bertz CT molecular complexity index is 758. The summed E-state index contributed by atoms with van der Waals surface area (Å²) in [6.07, 6.45) is 1.89. The smallest absolute Gasteiger partial charge is 0.410 e. The summed E-state index contributed by atoms with van der Waals surface area (Å²) in [5.74, 6) is 0.639. The van der Waals surface area contributed by atoms with E-state index in [2.05, 4.69) is 40.8 Å². The van der Waals surface area contributed by atoms with E-state index in [1.54, 1.807) is 4.90 Å². The molecular weight excluding hydrogens is 406 g/mol. The number of hydrogen-bond acceptors (Lipinski definition) is 5. The molecule has 1 saturated heterocycles. The molecule has 8 heteroatoms. The fourth-order valence-electron chi connectivity index (χ4n) is 3.96. The molecular formula is C24H43N5O3. The van der Waals surface area contributed by atoms with E-state index in [0.29, 0.717) is 32.0 Å². The third kappa shape index (κ3) is 8.45. The van der Waals surface area contributed by atoms with Gasteiger partial charge in [0.15, 0.2) is 0 Å². The fraction of sp³-hybridized carbons (Fsp3) is 0.792. The third-order valence-electron chi connectivity index (χ3n) is 5.67. The highest BCUT2D eigenvalue weighted by Gasteiger charge is 2.25. The Kier molecular flexibility index (Phi) is 9.55. The first-order chi connectivity index (χ1) is 15.0. The number of amides is 2. The van der Waals surface area contributed by atoms with Gasteiger partial charge in [0.25, 0.3) is 0 Å². The van der Waals surface area contributed by atoms with Gasteiger partial charge in [-0.1, -0.05) is 13.8 Å². The second-order valence-electron chi connectivity index (χ2n) is 10.2. The number of nitrogens with one attached hydrogen (secondary N) is 1. The normalized spacial score (nSPS) is 15.3. The van der Waals surface area contributed by atoms with Gasteiger partial charge in [0, 0.05) is 51.4 Å². The molecule has 1 fully saturated rings. The summed E-state index contributed by atoms with van der Waals surface area (Å²) < 4.78 is 7.51. The number of carbonyl (C=O) groups excluding carboxylic acids is 2. The zero-order valence-electron chi connectivity index (χ0n) is 21.2. The van der Waals surface area contributed by atoms with Gasteiger partial charge in [-0.2, -0.15) is 5.10 Å². The summed E-state index contributed by atoms with van der Waals surface area (Å²) in [5.41, 5.74) is 2.94. The number of nitrogens with zero attached hydrogens (tertiary/aromatic N) is 4. The maximum absolute atomic E-state index is 12.3. The van der Waals surface area contributed by atoms with Crippen molar-refractivity contribution in [2.24, 2.45) is 5.92 Å². The van der Waals surface area contributed by atoms with Crippen LogP contribution in [-0.2, 0) is 22.5 Å². The summed E-state index contributed by atoms with van der Waals surface area (Å²) in [7, 11) is 0. The van der Waals surface area contributed by atoms with E-state index in [0.717, 1.165) is 44.7 Å². The zero-order valence-corrected chi connectivity index (χ0v) is 21.2. The molecule has 1 N–H and O–H groups in total. The van der Waals surface area contributed by atoms with Crippen LogP contribution in [0.25, 0.3) is 0 Å². The van der Waals surface area contributed by atoms with E-state index < -0.39 is 5.60 Å². The van der Waals surface area contributed by atoms with Gasteiger partial charge in [-0.05, 0) is 65.5 Å². The van der Waals surface area contributed by atoms with Crippen LogP contribution in [0.5, 0.6) is 0 Å². The molecule has 0 bridgehead atoms. The number of rotatable bonds is 9. The number of ether oxygens (including phenoxy) is 1. The minimum absolute atomic E-state index is 0.0927. The van der Waals surface area contributed by atoms with Crippen molar-refractivity contribution in [3.63, 3.8) is 0 Å². The molecule has 0 radical (unpaired) electrons. The van der Waals surface area contributed by atoms with Crippen LogP contribution in [0.15, 0.2) is 0 Å². The van der Waals surface area contributed by atoms with Crippen LogP contribution < -0.4 is 5.32 Å². The highest BCUT2D eigenvalue weighted by molar-refractivity contribution is 5.76. The Labute approximate surface area is 193 Å². The molecule has 1 aliphatic rings. The van der Waals surface area contributed by atoms with Crippen molar-refractivity contribution in [1.29, 1.82) is 0 Å². The molecule has 32 heavy (non-hydrogen) atoms. The summed E-state index contributed by atoms with van der Waals surface area (Å²) in [6.45, 7) is 19.7. The first kappa shape index (κ1) is 26.2. The van der Waals surface area contributed by atoms with Gasteiger partial charge in [-0.3, -0.25) is 14.4 Å². The first-order valence-corrected chi connectivity index (χ1v) is 12.0. The summed E-state index contributed by atoms with van der Waals surface area (Å²) in [5, 5.41) is 7.68. The lowest BCUT2D eigenvalue weighted by Gasteiger charge is -2.35. The average molecular weight is 450 g/mol. The highest BCUT2D eigenvalue weighted by Crippen LogP contribution is 2.16. The average Bonchev–Trinajstić information content (AvgIpc) is 2.95. The fourth-order valence-corrected chi connectivity index (χ4v) is 3.96. The minimum atomic E-state index is -0.460. The highest BCUT2D eigenvalue weighted by atomic mass is 16.6. The number of hydrogen-bond donors (Lipinski definition) is 1. The first-order valence-electron chi connectivity index (χ1n) is 12.0. The molecule has 2 heterocycles. The quantitative estimate of drug-likeness (QED) is 0.586. The lowest BCUT2D eigenvalue weighted by atomic mass is 10.1. The zero-order chi connectivity index (χ0) is 23.9. The second kappa shape index (κ2) is 11.7. The molecule has 0 atom stereocenters. The molecule has 1 aromatic heterocycles. The monoisotopic (exact) mass is 449 g/mol. The molecule has 0 unspecified atom stereocenters. The second-order valence-corrected chi connectivity index (χ2v) is 10.2. The van der Waals surface area contributed by atoms with Gasteiger partial charge in [0.1, 0.15) is 5.60 Å². The van der Waals surface area contributed by atoms with Crippen LogP contribution in [-0.4, -0.2) is 76.5 Å². The minimum Gasteiger partial charge on any atom is -0.444 e. The van der Waals surface area contributed by atoms with Crippen LogP contribution in [0, 0.1) is 19.8 Å². The van der Waals surface area contributed by atoms with Gasteiger partial charge in [-0.25, -0.2) is 4.79 Å². The molecule has 2 rings (SSSR count). The van der Waals surface area contributed by atoms with Gasteiger partial charge in [-0.15, -0.1) is 0 Å². The van der Waals surface area contributed by atoms with Crippen LogP contribution >= 0.6 is 0 Å². The molecule has 0 aromatic carbocycles. The van der Waals surface area contributed by atoms with Crippen molar-refractivity contribution in [1.82, 2.24) is 24.9 Å². The Hall–Kier alpha value is -2.09. The van der Waals surface area contributed by atoms with Crippen molar-refractivity contribution >= 4 is 12.0 Å². The summed E-state index contributed by atoms with van der Waals surface area (Å²) in [4.78, 5) is 28.5. The lowest BCUT2D eigenvalue weighted by Crippen LogP contribution is -2.50. The Balaban J connectivity index is 1.63. The molecule has 8 nitrogen and oxygen atoms in total. The topological polar surface area (TPSA) is 79.7 Å². The van der Waals surface area contributed by atoms with Gasteiger partial charge in [0.05, 0.1) is 5.69 Å². The maximum atomic E-state index is 12.3. The summed E-state index contributed by atoms with van der Waals surface area (Å²) in [6, 6.07) is 0. The molecule has 1 aliphatic heterocycles. The lowest BCUT2D eigenvalue weighted by molar-refractivity contribution is -0.121. The van der Waals surface area contributed by atoms with Crippen LogP contribution in [0.1, 0.15) is 64.4 Å². The van der Waals surface area contributed by atoms with E-state index in [-0.39, 0.29) is 12.0 Å². The third-order valence-corrected chi connectivity index (χ3v) is 5.67. The Morgan fingerprint density at radius 1 is 1.12 bits per heavy atom. The number of aryl methyl sites for hydroxylation is 1. The van der Waals surface area contributed by atoms with Crippen molar-refractivity contribution in [3.05, 3.63) is 17.0 Å². The van der Waals surface area contributed by atoms with Gasteiger partial charge >= 0.3 is 6.09 Å². The Morgan fingerprint density at radius 2 is 1.78 bits per heavy atom. The molecule has 0 aliphatic carbocycles. The van der Waals surface area contributed by atoms with E-state index in [4.69, 9.17) is 4.74 Å². The largest absolute Gasteiger partial charge is 0.444 e. The SMILES string of the molecule is Cc1nn(CC(C)C)c(C)c1CCC(=O)NCCCN1CCN(C(=O)OC(C)(C)C)CC1. The van der Waals surface area contributed by atoms with E-state index >= 15 is 0 Å². The molecule has 182 valence electrons. The predicted octanol–water partition coefficient (Wildman–Crippen LogP) is 3.15. The van der Waals surface area contributed by atoms with Crippen molar-refractivity contribution in [2.45, 2.75) is 79.9 Å². The van der Waals surface area contributed by atoms with Crippen LogP contribution in [0.2, 0.25) is 0 Å². The predicted molar refractivity (Wildman–Crippen MR) is 127 cm³/mol. The van der Waals surface area contributed by atoms with E-state index in [1.165, 1.54) is 11.3 Å². The van der Waals surface area contributed by atoms with Crippen molar-refractivity contribution < 1.29 is 14.3 Å².